The van der Waals surface area contributed by atoms with Crippen LogP contribution in [0.4, 0.5) is 13.2 Å². The van der Waals surface area contributed by atoms with Crippen molar-refractivity contribution >= 4 is 46.0 Å². The third kappa shape index (κ3) is 5.50. The summed E-state index contributed by atoms with van der Waals surface area (Å²) < 4.78 is 41.3. The maximum absolute atomic E-state index is 13.8. The Morgan fingerprint density at radius 3 is 2.41 bits per heavy atom. The van der Waals surface area contributed by atoms with Crippen LogP contribution in [0.25, 0.3) is 22.2 Å². The lowest BCUT2D eigenvalue weighted by Crippen LogP contribution is -2.42. The molecule has 2 aromatic heterocycles. The topological polar surface area (TPSA) is 105 Å². The molecule has 0 aliphatic heterocycles. The Labute approximate surface area is 218 Å². The van der Waals surface area contributed by atoms with E-state index >= 15 is 0 Å². The van der Waals surface area contributed by atoms with Crippen LogP contribution in [0.2, 0.25) is 10.0 Å². The van der Waals surface area contributed by atoms with E-state index in [0.29, 0.717) is 10.9 Å². The zero-order chi connectivity index (χ0) is 26.9. The van der Waals surface area contributed by atoms with Crippen LogP contribution in [-0.4, -0.2) is 38.2 Å². The molecule has 0 radical (unpaired) electrons. The van der Waals surface area contributed by atoms with E-state index in [9.17, 15) is 27.9 Å². The van der Waals surface area contributed by atoms with Gasteiger partial charge in [-0.25, -0.2) is 4.79 Å². The summed E-state index contributed by atoms with van der Waals surface area (Å²) >= 11 is 12.1. The number of alkyl halides is 3. The standard InChI is InChI=1S/C25H17Cl2F3N4O3/c1-12-10-16(25(28,29)30)22(34-33-12)15-8-7-13(21-14(15)4-3-9-31-21)11-19(24(36)37)32-23(35)20-17(26)5-2-6-18(20)27/h2-10,19H,11H2,1H3,(H,32,35)(H,36,37). The lowest BCUT2D eigenvalue weighted by Gasteiger charge is -2.18. The first-order chi connectivity index (χ1) is 17.5. The van der Waals surface area contributed by atoms with Gasteiger partial charge in [-0.05, 0) is 36.8 Å². The van der Waals surface area contributed by atoms with E-state index in [4.69, 9.17) is 23.2 Å². The lowest BCUT2D eigenvalue weighted by molar-refractivity contribution is -0.139. The molecular formula is C25H17Cl2F3N4O3. The van der Waals surface area contributed by atoms with Crippen LogP contribution in [0.1, 0.15) is 27.2 Å². The van der Waals surface area contributed by atoms with Gasteiger partial charge >= 0.3 is 12.1 Å². The minimum Gasteiger partial charge on any atom is -0.480 e. The molecule has 0 bridgehead atoms. The van der Waals surface area contributed by atoms with Crippen molar-refractivity contribution < 1.29 is 27.9 Å². The van der Waals surface area contributed by atoms with Crippen LogP contribution >= 0.6 is 23.2 Å². The number of aromatic nitrogens is 3. The summed E-state index contributed by atoms with van der Waals surface area (Å²) in [4.78, 5) is 29.1. The maximum Gasteiger partial charge on any atom is 0.418 e. The van der Waals surface area contributed by atoms with Gasteiger partial charge in [-0.2, -0.15) is 18.3 Å². The Morgan fingerprint density at radius 1 is 1.05 bits per heavy atom. The highest BCUT2D eigenvalue weighted by molar-refractivity contribution is 6.39. The van der Waals surface area contributed by atoms with Gasteiger partial charge in [0.05, 0.1) is 32.4 Å². The highest BCUT2D eigenvalue weighted by Gasteiger charge is 2.36. The minimum absolute atomic E-state index is 0.0466. The van der Waals surface area contributed by atoms with E-state index in [1.54, 1.807) is 12.1 Å². The fourth-order valence-corrected chi connectivity index (χ4v) is 4.44. The van der Waals surface area contributed by atoms with Crippen molar-refractivity contribution in [3.63, 3.8) is 0 Å². The van der Waals surface area contributed by atoms with Gasteiger partial charge in [-0.15, -0.1) is 5.10 Å². The molecule has 0 spiro atoms. The molecule has 0 saturated carbocycles. The average molecular weight is 549 g/mol. The number of fused-ring (bicyclic) bond motifs is 1. The monoisotopic (exact) mass is 548 g/mol. The van der Waals surface area contributed by atoms with Gasteiger partial charge in [0, 0.05) is 23.6 Å². The Hall–Kier alpha value is -3.76. The molecule has 2 N–H and O–H groups in total. The van der Waals surface area contributed by atoms with Crippen LogP contribution in [0.5, 0.6) is 0 Å². The van der Waals surface area contributed by atoms with Gasteiger partial charge in [0.2, 0.25) is 0 Å². The van der Waals surface area contributed by atoms with E-state index in [-0.39, 0.29) is 44.5 Å². The van der Waals surface area contributed by atoms with Crippen molar-refractivity contribution in [2.45, 2.75) is 25.6 Å². The highest BCUT2D eigenvalue weighted by Crippen LogP contribution is 2.38. The Morgan fingerprint density at radius 2 is 1.76 bits per heavy atom. The Bertz CT molecular complexity index is 1510. The minimum atomic E-state index is -4.68. The molecule has 0 saturated heterocycles. The summed E-state index contributed by atoms with van der Waals surface area (Å²) in [5.41, 5.74) is -0.533. The smallest absolute Gasteiger partial charge is 0.418 e. The number of carbonyl (C=O) groups is 2. The molecule has 0 fully saturated rings. The van der Waals surface area contributed by atoms with E-state index in [0.717, 1.165) is 6.07 Å². The molecule has 0 aliphatic rings. The predicted molar refractivity (Wildman–Crippen MR) is 132 cm³/mol. The third-order valence-electron chi connectivity index (χ3n) is 5.55. The normalized spacial score (nSPS) is 12.4. The molecule has 2 aromatic carbocycles. The molecule has 1 amide bonds. The molecule has 2 heterocycles. The number of nitrogens with zero attached hydrogens (tertiary/aromatic N) is 3. The second kappa shape index (κ2) is 10.3. The summed E-state index contributed by atoms with van der Waals surface area (Å²) in [6.45, 7) is 1.41. The van der Waals surface area contributed by atoms with Gasteiger partial charge in [0.1, 0.15) is 11.7 Å². The van der Waals surface area contributed by atoms with Crippen LogP contribution in [0.3, 0.4) is 0 Å². The summed E-state index contributed by atoms with van der Waals surface area (Å²) in [7, 11) is 0. The molecule has 1 atom stereocenters. The van der Waals surface area contributed by atoms with Gasteiger partial charge in [-0.1, -0.05) is 47.5 Å². The quantitative estimate of drug-likeness (QED) is 0.317. The SMILES string of the molecule is Cc1cc(C(F)(F)F)c(-c2ccc(CC(NC(=O)c3c(Cl)cccc3Cl)C(=O)O)c3ncccc23)nn1. The number of hydrogen-bond donors (Lipinski definition) is 2. The van der Waals surface area contributed by atoms with E-state index in [1.807, 2.05) is 0 Å². The summed E-state index contributed by atoms with van der Waals surface area (Å²) in [5, 5.41) is 20.2. The summed E-state index contributed by atoms with van der Waals surface area (Å²) in [5.74, 6) is -2.13. The highest BCUT2D eigenvalue weighted by atomic mass is 35.5. The van der Waals surface area contributed by atoms with E-state index < -0.39 is 29.7 Å². The predicted octanol–water partition coefficient (Wildman–Crippen LogP) is 5.75. The van der Waals surface area contributed by atoms with Gasteiger partial charge in [-0.3, -0.25) is 9.78 Å². The van der Waals surface area contributed by atoms with Crippen LogP contribution in [-0.2, 0) is 17.4 Å². The van der Waals surface area contributed by atoms with Gasteiger partial charge in [0.15, 0.2) is 0 Å². The number of aryl methyl sites for hydroxylation is 1. The third-order valence-corrected chi connectivity index (χ3v) is 6.18. The number of halogens is 5. The van der Waals surface area contributed by atoms with Crippen molar-refractivity contribution in [2.75, 3.05) is 0 Å². The van der Waals surface area contributed by atoms with Gasteiger partial charge < -0.3 is 10.4 Å². The molecule has 1 unspecified atom stereocenters. The first-order valence-corrected chi connectivity index (χ1v) is 11.5. The molecule has 4 rings (SSSR count). The number of nitrogens with one attached hydrogen (secondary N) is 1. The molecule has 0 aliphatic carbocycles. The number of benzene rings is 2. The van der Waals surface area contributed by atoms with Crippen molar-refractivity contribution in [2.24, 2.45) is 0 Å². The summed E-state index contributed by atoms with van der Waals surface area (Å²) in [6, 6.07) is 9.87. The van der Waals surface area contributed by atoms with Crippen molar-refractivity contribution in [3.05, 3.63) is 87.2 Å². The molecule has 7 nitrogen and oxygen atoms in total. The molecule has 190 valence electrons. The fourth-order valence-electron chi connectivity index (χ4n) is 3.87. The molecule has 4 aromatic rings. The lowest BCUT2D eigenvalue weighted by atomic mass is 9.95. The molecule has 12 heteroatoms. The summed E-state index contributed by atoms with van der Waals surface area (Å²) in [6.07, 6.45) is -3.47. The average Bonchev–Trinajstić information content (AvgIpc) is 2.83. The zero-order valence-electron chi connectivity index (χ0n) is 19.0. The Kier molecular flexibility index (Phi) is 7.33. The fraction of sp³-hybridized carbons (Fsp3) is 0.160. The zero-order valence-corrected chi connectivity index (χ0v) is 20.5. The number of carbonyl (C=O) groups excluding carboxylic acids is 1. The second-order valence-electron chi connectivity index (χ2n) is 8.08. The largest absolute Gasteiger partial charge is 0.480 e. The first kappa shape index (κ1) is 26.3. The number of hydrogen-bond acceptors (Lipinski definition) is 5. The maximum atomic E-state index is 13.8. The van der Waals surface area contributed by atoms with Crippen molar-refractivity contribution in [3.8, 4) is 11.3 Å². The number of amides is 1. The second-order valence-corrected chi connectivity index (χ2v) is 8.90. The van der Waals surface area contributed by atoms with Crippen LogP contribution < -0.4 is 5.32 Å². The molecule has 37 heavy (non-hydrogen) atoms. The Balaban J connectivity index is 1.75. The van der Waals surface area contributed by atoms with Gasteiger partial charge in [0.25, 0.3) is 5.91 Å². The van der Waals surface area contributed by atoms with E-state index in [2.05, 4.69) is 20.5 Å². The molecular weight excluding hydrogens is 532 g/mol. The van der Waals surface area contributed by atoms with Crippen molar-refractivity contribution in [1.82, 2.24) is 20.5 Å². The first-order valence-electron chi connectivity index (χ1n) is 10.7. The number of carboxylic acids is 1. The number of carboxylic acid groups (broad SMARTS) is 1. The number of aliphatic carboxylic acids is 1. The van der Waals surface area contributed by atoms with Crippen molar-refractivity contribution in [1.29, 1.82) is 0 Å². The van der Waals surface area contributed by atoms with Crippen LogP contribution in [0, 0.1) is 6.92 Å². The number of rotatable bonds is 6. The van der Waals surface area contributed by atoms with Crippen LogP contribution in [0.15, 0.2) is 54.7 Å². The number of pyridine rings is 1. The van der Waals surface area contributed by atoms with E-state index in [1.165, 1.54) is 43.5 Å².